The highest BCUT2D eigenvalue weighted by molar-refractivity contribution is 4.94. The van der Waals surface area contributed by atoms with Crippen molar-refractivity contribution < 1.29 is 4.74 Å². The van der Waals surface area contributed by atoms with Crippen LogP contribution in [0, 0.1) is 5.92 Å². The van der Waals surface area contributed by atoms with Gasteiger partial charge in [0.2, 0.25) is 0 Å². The lowest BCUT2D eigenvalue weighted by molar-refractivity contribution is -0.0987. The van der Waals surface area contributed by atoms with Gasteiger partial charge in [0.15, 0.2) is 0 Å². The lowest BCUT2D eigenvalue weighted by Crippen LogP contribution is -2.49. The lowest BCUT2D eigenvalue weighted by Gasteiger charge is -2.42. The van der Waals surface area contributed by atoms with Crippen molar-refractivity contribution in [3.8, 4) is 0 Å². The minimum absolute atomic E-state index is 0.251. The predicted molar refractivity (Wildman–Crippen MR) is 80.5 cm³/mol. The Hall–Kier alpha value is -0.120. The molecular weight excluding hydrogens is 236 g/mol. The Morgan fingerprint density at radius 1 is 1.32 bits per heavy atom. The van der Waals surface area contributed by atoms with Crippen LogP contribution in [-0.4, -0.2) is 50.3 Å². The number of nitrogens with one attached hydrogen (secondary N) is 1. The summed E-state index contributed by atoms with van der Waals surface area (Å²) < 4.78 is 6.17. The van der Waals surface area contributed by atoms with E-state index in [0.717, 1.165) is 25.6 Å². The predicted octanol–water partition coefficient (Wildman–Crippen LogP) is 2.66. The van der Waals surface area contributed by atoms with E-state index < -0.39 is 0 Å². The maximum atomic E-state index is 6.17. The quantitative estimate of drug-likeness (QED) is 0.801. The second-order valence-electron chi connectivity index (χ2n) is 6.81. The molecule has 0 amide bonds. The number of nitrogens with zero attached hydrogens (tertiary/aromatic N) is 1. The van der Waals surface area contributed by atoms with Gasteiger partial charge in [-0.1, -0.05) is 19.8 Å². The fourth-order valence-corrected chi connectivity index (χ4v) is 3.88. The number of hydrogen-bond acceptors (Lipinski definition) is 3. The van der Waals surface area contributed by atoms with Gasteiger partial charge in [-0.15, -0.1) is 0 Å². The zero-order chi connectivity index (χ0) is 13.7. The van der Waals surface area contributed by atoms with Crippen LogP contribution in [0.15, 0.2) is 0 Å². The SMILES string of the molecule is CCCNC(CN(C)C)C1CCOC2(CCCC2)C1. The van der Waals surface area contributed by atoms with Gasteiger partial charge in [-0.3, -0.25) is 0 Å². The van der Waals surface area contributed by atoms with Gasteiger partial charge in [0.25, 0.3) is 0 Å². The fraction of sp³-hybridized carbons (Fsp3) is 1.00. The highest BCUT2D eigenvalue weighted by atomic mass is 16.5. The second-order valence-corrected chi connectivity index (χ2v) is 6.81. The van der Waals surface area contributed by atoms with Crippen LogP contribution in [0.2, 0.25) is 0 Å². The summed E-state index contributed by atoms with van der Waals surface area (Å²) >= 11 is 0. The van der Waals surface area contributed by atoms with Gasteiger partial charge in [-0.05, 0) is 58.7 Å². The topological polar surface area (TPSA) is 24.5 Å². The van der Waals surface area contributed by atoms with Gasteiger partial charge in [0.05, 0.1) is 5.60 Å². The average molecular weight is 268 g/mol. The van der Waals surface area contributed by atoms with E-state index in [2.05, 4.69) is 31.2 Å². The number of hydrogen-bond donors (Lipinski definition) is 1. The van der Waals surface area contributed by atoms with Crippen LogP contribution in [-0.2, 0) is 4.74 Å². The molecule has 1 saturated carbocycles. The first-order valence-electron chi connectivity index (χ1n) is 8.17. The summed E-state index contributed by atoms with van der Waals surface area (Å²) in [6.45, 7) is 5.52. The first kappa shape index (κ1) is 15.3. The van der Waals surface area contributed by atoms with Crippen LogP contribution < -0.4 is 5.32 Å². The molecule has 1 heterocycles. The van der Waals surface area contributed by atoms with Gasteiger partial charge < -0.3 is 15.0 Å². The first-order chi connectivity index (χ1) is 9.15. The van der Waals surface area contributed by atoms with Gasteiger partial charge in [0.1, 0.15) is 0 Å². The zero-order valence-corrected chi connectivity index (χ0v) is 13.1. The van der Waals surface area contributed by atoms with Crippen molar-refractivity contribution in [2.45, 2.75) is 63.5 Å². The third-order valence-electron chi connectivity index (χ3n) is 4.83. The van der Waals surface area contributed by atoms with E-state index >= 15 is 0 Å². The summed E-state index contributed by atoms with van der Waals surface area (Å²) in [4.78, 5) is 2.32. The molecule has 1 spiro atoms. The van der Waals surface area contributed by atoms with Gasteiger partial charge in [-0.2, -0.15) is 0 Å². The number of rotatable bonds is 6. The average Bonchev–Trinajstić information content (AvgIpc) is 2.82. The van der Waals surface area contributed by atoms with Crippen LogP contribution in [0.1, 0.15) is 51.9 Å². The highest BCUT2D eigenvalue weighted by Gasteiger charge is 2.41. The van der Waals surface area contributed by atoms with E-state index in [1.54, 1.807) is 0 Å². The van der Waals surface area contributed by atoms with Gasteiger partial charge in [0, 0.05) is 19.2 Å². The summed E-state index contributed by atoms with van der Waals surface area (Å²) in [5, 5.41) is 3.78. The lowest BCUT2D eigenvalue weighted by atomic mass is 9.80. The fourth-order valence-electron chi connectivity index (χ4n) is 3.88. The van der Waals surface area contributed by atoms with E-state index in [4.69, 9.17) is 4.74 Å². The zero-order valence-electron chi connectivity index (χ0n) is 13.1. The molecule has 0 aromatic carbocycles. The third kappa shape index (κ3) is 4.17. The maximum Gasteiger partial charge on any atom is 0.0685 e. The van der Waals surface area contributed by atoms with Gasteiger partial charge >= 0.3 is 0 Å². The molecule has 0 bridgehead atoms. The summed E-state index contributed by atoms with van der Waals surface area (Å²) in [6, 6.07) is 0.635. The minimum Gasteiger partial charge on any atom is -0.375 e. The molecule has 3 nitrogen and oxygen atoms in total. The molecule has 1 N–H and O–H groups in total. The molecule has 3 heteroatoms. The van der Waals surface area contributed by atoms with E-state index in [1.807, 2.05) is 0 Å². The van der Waals surface area contributed by atoms with Gasteiger partial charge in [-0.25, -0.2) is 0 Å². The smallest absolute Gasteiger partial charge is 0.0685 e. The molecular formula is C16H32N2O. The molecule has 1 saturated heterocycles. The van der Waals surface area contributed by atoms with Crippen molar-refractivity contribution in [1.82, 2.24) is 10.2 Å². The molecule has 2 rings (SSSR count). The Labute approximate surface area is 119 Å². The first-order valence-corrected chi connectivity index (χ1v) is 8.17. The molecule has 2 atom stereocenters. The van der Waals surface area contributed by atoms with E-state index in [-0.39, 0.29) is 5.60 Å². The standard InChI is InChI=1S/C16H32N2O/c1-4-10-17-15(13-18(2)3)14-7-11-19-16(12-14)8-5-6-9-16/h14-15,17H,4-13H2,1-3H3. The largest absolute Gasteiger partial charge is 0.375 e. The summed E-state index contributed by atoms with van der Waals surface area (Å²) in [5.74, 6) is 0.792. The van der Waals surface area contributed by atoms with Crippen molar-refractivity contribution in [2.75, 3.05) is 33.8 Å². The molecule has 112 valence electrons. The minimum atomic E-state index is 0.251. The van der Waals surface area contributed by atoms with E-state index in [9.17, 15) is 0 Å². The molecule has 19 heavy (non-hydrogen) atoms. The monoisotopic (exact) mass is 268 g/mol. The van der Waals surface area contributed by atoms with Crippen LogP contribution in [0.4, 0.5) is 0 Å². The van der Waals surface area contributed by atoms with Crippen molar-refractivity contribution in [2.24, 2.45) is 5.92 Å². The van der Waals surface area contributed by atoms with Crippen LogP contribution >= 0.6 is 0 Å². The summed E-state index contributed by atoms with van der Waals surface area (Å²) in [6.07, 6.45) is 9.07. The Balaban J connectivity index is 1.94. The molecule has 0 aromatic heterocycles. The Bertz CT molecular complexity index is 261. The third-order valence-corrected chi connectivity index (χ3v) is 4.83. The van der Waals surface area contributed by atoms with Crippen molar-refractivity contribution in [3.63, 3.8) is 0 Å². The Kier molecular flexibility index (Phi) is 5.67. The molecule has 0 aromatic rings. The van der Waals surface area contributed by atoms with Crippen LogP contribution in [0.5, 0.6) is 0 Å². The Morgan fingerprint density at radius 3 is 2.68 bits per heavy atom. The normalized spacial score (nSPS) is 28.1. The molecule has 0 radical (unpaired) electrons. The molecule has 2 unspecified atom stereocenters. The van der Waals surface area contributed by atoms with Crippen LogP contribution in [0.3, 0.4) is 0 Å². The van der Waals surface area contributed by atoms with E-state index in [0.29, 0.717) is 6.04 Å². The number of ether oxygens (including phenoxy) is 1. The van der Waals surface area contributed by atoms with Crippen LogP contribution in [0.25, 0.3) is 0 Å². The van der Waals surface area contributed by atoms with Crippen molar-refractivity contribution in [3.05, 3.63) is 0 Å². The highest BCUT2D eigenvalue weighted by Crippen LogP contribution is 2.42. The second kappa shape index (κ2) is 7.05. The van der Waals surface area contributed by atoms with Crippen molar-refractivity contribution >= 4 is 0 Å². The maximum absolute atomic E-state index is 6.17. The summed E-state index contributed by atoms with van der Waals surface area (Å²) in [7, 11) is 4.37. The molecule has 1 aliphatic carbocycles. The molecule has 2 aliphatic rings. The molecule has 2 fully saturated rings. The molecule has 1 aliphatic heterocycles. The van der Waals surface area contributed by atoms with E-state index in [1.165, 1.54) is 44.9 Å². The number of likely N-dealkylation sites (N-methyl/N-ethyl adjacent to an activating group) is 1. The Morgan fingerprint density at radius 2 is 2.05 bits per heavy atom. The summed E-state index contributed by atoms with van der Waals surface area (Å²) in [5.41, 5.74) is 0.251. The van der Waals surface area contributed by atoms with Crippen molar-refractivity contribution in [1.29, 1.82) is 0 Å².